The van der Waals surface area contributed by atoms with Crippen LogP contribution in [0.4, 0.5) is 4.79 Å². The summed E-state index contributed by atoms with van der Waals surface area (Å²) in [6, 6.07) is 8.41. The Labute approximate surface area is 161 Å². The first kappa shape index (κ1) is 19.9. The SMILES string of the molecule is CN(C)CC(O)COc1ccc(CN2CCC(N3CCOC3=O)CC2)cc1. The van der Waals surface area contributed by atoms with Gasteiger partial charge in [0.1, 0.15) is 25.1 Å². The highest BCUT2D eigenvalue weighted by Gasteiger charge is 2.32. The van der Waals surface area contributed by atoms with Gasteiger partial charge in [-0.25, -0.2) is 4.79 Å². The summed E-state index contributed by atoms with van der Waals surface area (Å²) in [5.41, 5.74) is 1.25. The lowest BCUT2D eigenvalue weighted by Gasteiger charge is -2.35. The number of nitrogens with zero attached hydrogens (tertiary/aromatic N) is 3. The maximum atomic E-state index is 11.7. The molecule has 7 nitrogen and oxygen atoms in total. The van der Waals surface area contributed by atoms with Crippen molar-refractivity contribution in [2.75, 3.05) is 53.5 Å². The molecule has 150 valence electrons. The van der Waals surface area contributed by atoms with Gasteiger partial charge < -0.3 is 24.4 Å². The highest BCUT2D eigenvalue weighted by Crippen LogP contribution is 2.22. The number of likely N-dealkylation sites (N-methyl/N-ethyl adjacent to an activating group) is 1. The fourth-order valence-corrected chi connectivity index (χ4v) is 3.74. The van der Waals surface area contributed by atoms with Crippen molar-refractivity contribution in [2.24, 2.45) is 0 Å². The van der Waals surface area contributed by atoms with Gasteiger partial charge in [0, 0.05) is 32.2 Å². The van der Waals surface area contributed by atoms with Crippen molar-refractivity contribution in [1.29, 1.82) is 0 Å². The molecule has 1 atom stereocenters. The maximum Gasteiger partial charge on any atom is 0.410 e. The Balaban J connectivity index is 1.40. The van der Waals surface area contributed by atoms with Crippen molar-refractivity contribution in [3.63, 3.8) is 0 Å². The van der Waals surface area contributed by atoms with E-state index in [2.05, 4.69) is 17.0 Å². The van der Waals surface area contributed by atoms with Crippen molar-refractivity contribution < 1.29 is 19.4 Å². The number of carbonyl (C=O) groups excluding carboxylic acids is 1. The number of cyclic esters (lactones) is 1. The minimum atomic E-state index is -0.492. The van der Waals surface area contributed by atoms with Crippen molar-refractivity contribution >= 4 is 6.09 Å². The van der Waals surface area contributed by atoms with Crippen LogP contribution in [0.1, 0.15) is 18.4 Å². The Morgan fingerprint density at radius 1 is 1.22 bits per heavy atom. The molecule has 1 unspecified atom stereocenters. The van der Waals surface area contributed by atoms with Crippen LogP contribution in [0.5, 0.6) is 5.75 Å². The molecule has 2 heterocycles. The van der Waals surface area contributed by atoms with Gasteiger partial charge in [-0.05, 0) is 44.6 Å². The van der Waals surface area contributed by atoms with Gasteiger partial charge in [0.05, 0.1) is 6.54 Å². The number of aliphatic hydroxyl groups excluding tert-OH is 1. The normalized spacial score (nSPS) is 20.1. The molecule has 27 heavy (non-hydrogen) atoms. The number of carbonyl (C=O) groups is 1. The van der Waals surface area contributed by atoms with Gasteiger partial charge in [-0.2, -0.15) is 0 Å². The van der Waals surface area contributed by atoms with Crippen LogP contribution in [0.2, 0.25) is 0 Å². The van der Waals surface area contributed by atoms with Crippen LogP contribution in [-0.4, -0.2) is 91.5 Å². The molecule has 3 rings (SSSR count). The van der Waals surface area contributed by atoms with E-state index in [1.165, 1.54) is 5.56 Å². The summed E-state index contributed by atoms with van der Waals surface area (Å²) in [5.74, 6) is 0.780. The van der Waals surface area contributed by atoms with E-state index in [-0.39, 0.29) is 6.09 Å². The molecule has 2 aliphatic heterocycles. The van der Waals surface area contributed by atoms with E-state index in [0.717, 1.165) is 44.8 Å². The van der Waals surface area contributed by atoms with Crippen LogP contribution in [0.3, 0.4) is 0 Å². The van der Waals surface area contributed by atoms with Crippen LogP contribution in [0.15, 0.2) is 24.3 Å². The van der Waals surface area contributed by atoms with Crippen molar-refractivity contribution in [2.45, 2.75) is 31.5 Å². The number of piperidine rings is 1. The van der Waals surface area contributed by atoms with Crippen LogP contribution in [0.25, 0.3) is 0 Å². The molecule has 2 aliphatic rings. The second kappa shape index (κ2) is 9.39. The van der Waals surface area contributed by atoms with Gasteiger partial charge in [-0.1, -0.05) is 12.1 Å². The van der Waals surface area contributed by atoms with Gasteiger partial charge in [0.15, 0.2) is 0 Å². The third kappa shape index (κ3) is 5.82. The number of hydrogen-bond donors (Lipinski definition) is 1. The minimum Gasteiger partial charge on any atom is -0.491 e. The summed E-state index contributed by atoms with van der Waals surface area (Å²) in [6.45, 7) is 5.02. The standard InChI is InChI=1S/C20H31N3O4/c1-21(2)14-18(24)15-27-19-5-3-16(4-6-19)13-22-9-7-17(8-10-22)23-11-12-26-20(23)25/h3-6,17-18,24H,7-15H2,1-2H3. The average molecular weight is 377 g/mol. The van der Waals surface area contributed by atoms with E-state index in [9.17, 15) is 9.90 Å². The number of hydrogen-bond acceptors (Lipinski definition) is 6. The van der Waals surface area contributed by atoms with E-state index in [1.54, 1.807) is 0 Å². The maximum absolute atomic E-state index is 11.7. The molecule has 2 saturated heterocycles. The molecule has 1 amide bonds. The summed E-state index contributed by atoms with van der Waals surface area (Å²) in [7, 11) is 3.86. The molecule has 1 aromatic carbocycles. The van der Waals surface area contributed by atoms with E-state index in [1.807, 2.05) is 36.0 Å². The fraction of sp³-hybridized carbons (Fsp3) is 0.650. The molecule has 1 aromatic rings. The second-order valence-corrected chi connectivity index (χ2v) is 7.69. The number of likely N-dealkylation sites (tertiary alicyclic amines) is 1. The largest absolute Gasteiger partial charge is 0.491 e. The van der Waals surface area contributed by atoms with Crippen molar-refractivity contribution in [3.8, 4) is 5.75 Å². The highest BCUT2D eigenvalue weighted by atomic mass is 16.6. The first-order valence-corrected chi connectivity index (χ1v) is 9.71. The smallest absolute Gasteiger partial charge is 0.410 e. The Morgan fingerprint density at radius 2 is 1.93 bits per heavy atom. The minimum absolute atomic E-state index is 0.153. The predicted octanol–water partition coefficient (Wildman–Crippen LogP) is 1.40. The quantitative estimate of drug-likeness (QED) is 0.739. The van der Waals surface area contributed by atoms with Gasteiger partial charge in [0.25, 0.3) is 0 Å². The molecule has 2 fully saturated rings. The third-order valence-electron chi connectivity index (χ3n) is 5.14. The zero-order valence-electron chi connectivity index (χ0n) is 16.3. The van der Waals surface area contributed by atoms with Gasteiger partial charge in [0.2, 0.25) is 0 Å². The molecule has 0 radical (unpaired) electrons. The second-order valence-electron chi connectivity index (χ2n) is 7.69. The summed E-state index contributed by atoms with van der Waals surface area (Å²) in [4.78, 5) is 17.9. The molecule has 1 N–H and O–H groups in total. The average Bonchev–Trinajstić information content (AvgIpc) is 3.07. The van der Waals surface area contributed by atoms with E-state index in [0.29, 0.717) is 25.8 Å². The first-order chi connectivity index (χ1) is 13.0. The Morgan fingerprint density at radius 3 is 2.52 bits per heavy atom. The van der Waals surface area contributed by atoms with Gasteiger partial charge >= 0.3 is 6.09 Å². The molecular weight excluding hydrogens is 346 g/mol. The van der Waals surface area contributed by atoms with Crippen LogP contribution in [0, 0.1) is 0 Å². The summed E-state index contributed by atoms with van der Waals surface area (Å²) in [6.07, 6.45) is 1.36. The molecule has 0 saturated carbocycles. The van der Waals surface area contributed by atoms with E-state index >= 15 is 0 Å². The van der Waals surface area contributed by atoms with Gasteiger partial charge in [-0.15, -0.1) is 0 Å². The fourth-order valence-electron chi connectivity index (χ4n) is 3.74. The molecule has 0 bridgehead atoms. The summed E-state index contributed by atoms with van der Waals surface area (Å²) in [5, 5.41) is 9.86. The lowest BCUT2D eigenvalue weighted by atomic mass is 10.0. The Hall–Kier alpha value is -1.83. The zero-order chi connectivity index (χ0) is 19.2. The number of rotatable bonds is 8. The number of ether oxygens (including phenoxy) is 2. The highest BCUT2D eigenvalue weighted by molar-refractivity contribution is 5.69. The molecule has 7 heteroatoms. The third-order valence-corrected chi connectivity index (χ3v) is 5.14. The Bertz CT molecular complexity index is 600. The number of benzene rings is 1. The zero-order valence-corrected chi connectivity index (χ0v) is 16.3. The van der Waals surface area contributed by atoms with Gasteiger partial charge in [-0.3, -0.25) is 4.90 Å². The summed E-state index contributed by atoms with van der Waals surface area (Å²) >= 11 is 0. The Kier molecular flexibility index (Phi) is 6.93. The van der Waals surface area contributed by atoms with Crippen molar-refractivity contribution in [3.05, 3.63) is 29.8 Å². The van der Waals surface area contributed by atoms with Crippen molar-refractivity contribution in [1.82, 2.24) is 14.7 Å². The lowest BCUT2D eigenvalue weighted by molar-refractivity contribution is 0.0831. The first-order valence-electron chi connectivity index (χ1n) is 9.71. The van der Waals surface area contributed by atoms with E-state index < -0.39 is 6.10 Å². The topological polar surface area (TPSA) is 65.5 Å². The lowest BCUT2D eigenvalue weighted by Crippen LogP contribution is -2.45. The molecule has 0 spiro atoms. The number of aliphatic hydroxyl groups is 1. The molecular formula is C20H31N3O4. The monoisotopic (exact) mass is 377 g/mol. The van der Waals surface area contributed by atoms with Crippen LogP contribution < -0.4 is 4.74 Å². The van der Waals surface area contributed by atoms with Crippen LogP contribution in [-0.2, 0) is 11.3 Å². The molecule has 0 aliphatic carbocycles. The number of amides is 1. The van der Waals surface area contributed by atoms with Crippen LogP contribution >= 0.6 is 0 Å². The predicted molar refractivity (Wildman–Crippen MR) is 103 cm³/mol. The van der Waals surface area contributed by atoms with E-state index in [4.69, 9.17) is 9.47 Å². The molecule has 0 aromatic heterocycles. The summed E-state index contributed by atoms with van der Waals surface area (Å²) < 4.78 is 10.7.